The zero-order chi connectivity index (χ0) is 77.6. The predicted octanol–water partition coefficient (Wildman–Crippen LogP) is 29.7. The highest BCUT2D eigenvalue weighted by molar-refractivity contribution is 7.00. The number of rotatable bonds is 15. The molecule has 0 fully saturated rings. The van der Waals surface area contributed by atoms with E-state index in [4.69, 9.17) is 8.75 Å². The van der Waals surface area contributed by atoms with Gasteiger partial charge in [0.25, 0.3) is 0 Å². The molecule has 0 radical (unpaired) electrons. The van der Waals surface area contributed by atoms with E-state index in [0.29, 0.717) is 0 Å². The van der Waals surface area contributed by atoms with Crippen molar-refractivity contribution in [2.24, 2.45) is 0 Å². The molecule has 0 amide bonds. The lowest BCUT2D eigenvalue weighted by molar-refractivity contribution is 0.627. The number of benzene rings is 18. The number of aromatic nitrogens is 5. The summed E-state index contributed by atoms with van der Waals surface area (Å²) < 4.78 is 45.4. The van der Waals surface area contributed by atoms with Crippen LogP contribution in [0.3, 0.4) is 0 Å². The average molecular weight is 1520 g/mol. The third kappa shape index (κ3) is 12.2. The fraction of sp³-hybridized carbons (Fsp3) is 0. The fourth-order valence-electron chi connectivity index (χ4n) is 17.5. The summed E-state index contributed by atoms with van der Waals surface area (Å²) in [5, 5.41) is 7.18. The number of hydrogen-bond donors (Lipinski definition) is 0. The van der Waals surface area contributed by atoms with Gasteiger partial charge in [-0.25, -0.2) is 8.78 Å². The predicted molar refractivity (Wildman–Crippen MR) is 484 cm³/mol. The molecule has 0 saturated heterocycles. The van der Waals surface area contributed by atoms with Gasteiger partial charge in [0.1, 0.15) is 22.7 Å². The lowest BCUT2D eigenvalue weighted by Crippen LogP contribution is -2.10. The van der Waals surface area contributed by atoms with Crippen LogP contribution in [0.1, 0.15) is 0 Å². The summed E-state index contributed by atoms with van der Waals surface area (Å²) in [6, 6.07) is 145. The molecule has 0 spiro atoms. The molecule has 0 aliphatic heterocycles. The van der Waals surface area contributed by atoms with Crippen LogP contribution in [0.2, 0.25) is 0 Å². The third-order valence-electron chi connectivity index (χ3n) is 23.4. The molecule has 9 heteroatoms. The minimum atomic E-state index is -0.279. The second-order valence-corrected chi connectivity index (χ2v) is 30.6. The van der Waals surface area contributed by atoms with E-state index in [2.05, 4.69) is 383 Å². The van der Waals surface area contributed by atoms with Crippen molar-refractivity contribution in [2.45, 2.75) is 0 Å². The van der Waals surface area contributed by atoms with Gasteiger partial charge in [0, 0.05) is 66.3 Å². The fourth-order valence-corrected chi connectivity index (χ4v) is 18.0. The van der Waals surface area contributed by atoms with Gasteiger partial charge in [0.15, 0.2) is 0 Å². The van der Waals surface area contributed by atoms with Gasteiger partial charge in [0.05, 0.1) is 50.5 Å². The molecular formula is C108H68F2N6S. The maximum atomic E-state index is 14.1. The smallest absolute Gasteiger partial charge is 0.129 e. The van der Waals surface area contributed by atoms with E-state index in [-0.39, 0.29) is 11.6 Å². The minimum Gasteiger partial charge on any atom is -0.309 e. The molecule has 550 valence electrons. The Morgan fingerprint density at radius 1 is 0.205 bits per heavy atom. The van der Waals surface area contributed by atoms with Crippen molar-refractivity contribution < 1.29 is 8.78 Å². The van der Waals surface area contributed by atoms with Gasteiger partial charge in [0.2, 0.25) is 0 Å². The highest BCUT2D eigenvalue weighted by Gasteiger charge is 2.24. The first-order valence-electron chi connectivity index (χ1n) is 39.4. The van der Waals surface area contributed by atoms with E-state index in [1.54, 1.807) is 24.3 Å². The Morgan fingerprint density at radius 3 is 0.897 bits per heavy atom. The molecule has 0 aliphatic rings. The van der Waals surface area contributed by atoms with Gasteiger partial charge in [-0.2, -0.15) is 8.75 Å². The van der Waals surface area contributed by atoms with E-state index in [0.717, 1.165) is 156 Å². The van der Waals surface area contributed by atoms with Gasteiger partial charge in [-0.3, -0.25) is 0 Å². The van der Waals surface area contributed by atoms with Crippen molar-refractivity contribution in [1.29, 1.82) is 0 Å². The summed E-state index contributed by atoms with van der Waals surface area (Å²) in [6.45, 7) is 0. The molecule has 117 heavy (non-hydrogen) atoms. The van der Waals surface area contributed by atoms with Gasteiger partial charge in [-0.15, -0.1) is 0 Å². The SMILES string of the molecule is Fc1ccc(-c2ccc(N(c3ccc(-c4ccc(F)cc4)cc3)c3ccc(-c4ccc(-n5c6ccc(-c7ccc(-c8ccc9c%10ccccc%10n(-c%10ccc(-c%11ccccc%11)cc%10)c9c8)cc7)cc6c6cc(-c7ccc(-c8ccc9c%10ccccc%10n(-c%10ccc(-c%11ccccc%11)cc%10)c9c8)cc7)ccc65)cc4)c4nsnc34)cc2)cc1. The highest BCUT2D eigenvalue weighted by atomic mass is 32.1. The highest BCUT2D eigenvalue weighted by Crippen LogP contribution is 2.46. The van der Waals surface area contributed by atoms with Gasteiger partial charge >= 0.3 is 0 Å². The maximum Gasteiger partial charge on any atom is 0.129 e. The number of nitrogens with zero attached hydrogens (tertiary/aromatic N) is 6. The summed E-state index contributed by atoms with van der Waals surface area (Å²) in [4.78, 5) is 2.20. The van der Waals surface area contributed by atoms with Crippen molar-refractivity contribution in [3.63, 3.8) is 0 Å². The van der Waals surface area contributed by atoms with Crippen LogP contribution < -0.4 is 4.90 Å². The van der Waals surface area contributed by atoms with Crippen molar-refractivity contribution in [1.82, 2.24) is 22.4 Å². The summed E-state index contributed by atoms with van der Waals surface area (Å²) in [7, 11) is 0. The zero-order valence-electron chi connectivity index (χ0n) is 63.1. The molecule has 18 aromatic carbocycles. The van der Waals surface area contributed by atoms with Crippen LogP contribution in [0, 0.1) is 11.6 Å². The molecule has 22 aromatic rings. The molecule has 22 rings (SSSR count). The van der Waals surface area contributed by atoms with Crippen LogP contribution in [-0.4, -0.2) is 22.4 Å². The molecule has 0 bridgehead atoms. The Balaban J connectivity index is 0.620. The minimum absolute atomic E-state index is 0.279. The molecule has 0 aliphatic carbocycles. The van der Waals surface area contributed by atoms with Crippen LogP contribution in [0.5, 0.6) is 0 Å². The number of halogens is 2. The van der Waals surface area contributed by atoms with Crippen molar-refractivity contribution >= 4 is 105 Å². The van der Waals surface area contributed by atoms with Gasteiger partial charge < -0.3 is 18.6 Å². The number of para-hydroxylation sites is 2. The second-order valence-electron chi connectivity index (χ2n) is 30.0. The average Bonchev–Trinajstić information content (AvgIpc) is 1.47. The van der Waals surface area contributed by atoms with E-state index in [1.165, 1.54) is 90.8 Å². The van der Waals surface area contributed by atoms with Gasteiger partial charge in [-0.1, -0.05) is 267 Å². The topological polar surface area (TPSA) is 43.8 Å². The van der Waals surface area contributed by atoms with E-state index < -0.39 is 0 Å². The Bertz CT molecular complexity index is 7150. The Morgan fingerprint density at radius 2 is 0.487 bits per heavy atom. The Labute approximate surface area is 678 Å². The first-order chi connectivity index (χ1) is 57.8. The standard InChI is InChI=1S/C108H68F2N6S/c109-86-45-27-71(28-46-86)75-31-49-88(50-32-75)113(89-51-33-76(34-52-89)72-29-47-87(110)48-30-72)104-64-61-93(107-108(104)112-117-111-107)81-39-57-90(58-40-81)114-102-62-43-82(77-19-23-79(24-20-77)84-41-59-96-94-15-7-9-17-100(94)115(105(96)67-84)91-53-35-73(36-54-91)69-11-3-1-4-12-69)65-98(102)99-66-83(44-63-103(99)114)78-21-25-80(26-22-78)85-42-60-97-95-16-8-10-18-101(95)116(106(97)68-85)92-55-37-74(38-56-92)70-13-5-2-6-14-70/h1-68H. The number of fused-ring (bicyclic) bond motifs is 10. The Kier molecular flexibility index (Phi) is 16.7. The monoisotopic (exact) mass is 1520 g/mol. The molecule has 0 N–H and O–H groups in total. The lowest BCUT2D eigenvalue weighted by atomic mass is 9.97. The van der Waals surface area contributed by atoms with E-state index >= 15 is 0 Å². The van der Waals surface area contributed by atoms with E-state index in [9.17, 15) is 8.78 Å². The lowest BCUT2D eigenvalue weighted by Gasteiger charge is -2.26. The molecule has 0 unspecified atom stereocenters. The molecule has 0 atom stereocenters. The summed E-state index contributed by atoms with van der Waals surface area (Å²) in [5.41, 5.74) is 33.9. The summed E-state index contributed by atoms with van der Waals surface area (Å²) >= 11 is 1.19. The number of hydrogen-bond acceptors (Lipinski definition) is 4. The van der Waals surface area contributed by atoms with Crippen LogP contribution in [0.25, 0.3) is 194 Å². The molecule has 0 saturated carbocycles. The maximum absolute atomic E-state index is 14.1. The molecule has 6 nitrogen and oxygen atoms in total. The summed E-state index contributed by atoms with van der Waals surface area (Å²) in [6.07, 6.45) is 0. The molecule has 4 aromatic heterocycles. The Hall–Kier alpha value is -15.2. The first-order valence-corrected chi connectivity index (χ1v) is 40.1. The van der Waals surface area contributed by atoms with Gasteiger partial charge in [-0.05, 0) is 240 Å². The number of anilines is 3. The van der Waals surface area contributed by atoms with Crippen LogP contribution in [0.4, 0.5) is 25.8 Å². The van der Waals surface area contributed by atoms with E-state index in [1.807, 2.05) is 0 Å². The quantitative estimate of drug-likeness (QED) is 0.103. The molecule has 4 heterocycles. The van der Waals surface area contributed by atoms with Crippen LogP contribution in [-0.2, 0) is 0 Å². The van der Waals surface area contributed by atoms with Crippen molar-refractivity contribution in [2.75, 3.05) is 4.90 Å². The largest absolute Gasteiger partial charge is 0.309 e. The summed E-state index contributed by atoms with van der Waals surface area (Å²) in [5.74, 6) is -0.557. The first kappa shape index (κ1) is 68.6. The third-order valence-corrected chi connectivity index (χ3v) is 23.9. The zero-order valence-corrected chi connectivity index (χ0v) is 63.9. The second kappa shape index (κ2) is 28.5. The van der Waals surface area contributed by atoms with Crippen molar-refractivity contribution in [3.05, 3.63) is 424 Å². The van der Waals surface area contributed by atoms with Crippen LogP contribution in [0.15, 0.2) is 413 Å². The van der Waals surface area contributed by atoms with Crippen molar-refractivity contribution in [3.8, 4) is 117 Å². The molecular weight excluding hydrogens is 1450 g/mol. The normalized spacial score (nSPS) is 11.7. The van der Waals surface area contributed by atoms with Crippen LogP contribution >= 0.6 is 11.7 Å².